The molecule has 29 heavy (non-hydrogen) atoms. The van der Waals surface area contributed by atoms with Crippen molar-refractivity contribution >= 4 is 16.7 Å². The molecule has 0 bridgehead atoms. The molecule has 6 nitrogen and oxygen atoms in total. The summed E-state index contributed by atoms with van der Waals surface area (Å²) in [5, 5.41) is 11.9. The number of aromatic nitrogens is 4. The molecule has 0 radical (unpaired) electrons. The zero-order chi connectivity index (χ0) is 20.5. The van der Waals surface area contributed by atoms with Crippen molar-refractivity contribution in [3.8, 4) is 11.3 Å². The van der Waals surface area contributed by atoms with Crippen LogP contribution in [0.2, 0.25) is 0 Å². The number of rotatable bonds is 5. The van der Waals surface area contributed by atoms with Crippen LogP contribution in [0.25, 0.3) is 22.2 Å². The van der Waals surface area contributed by atoms with E-state index in [1.807, 2.05) is 35.3 Å². The van der Waals surface area contributed by atoms with Gasteiger partial charge in [-0.1, -0.05) is 0 Å². The molecule has 3 aromatic heterocycles. The molecule has 2 N–H and O–H groups in total. The number of hydrogen-bond acceptors (Lipinski definition) is 5. The molecule has 1 aliphatic rings. The van der Waals surface area contributed by atoms with Crippen molar-refractivity contribution in [1.29, 1.82) is 0 Å². The summed E-state index contributed by atoms with van der Waals surface area (Å²) in [4.78, 5) is 9.33. The van der Waals surface area contributed by atoms with Gasteiger partial charge in [0.1, 0.15) is 11.5 Å². The second-order valence-electron chi connectivity index (χ2n) is 8.88. The fourth-order valence-corrected chi connectivity index (χ4v) is 3.73. The van der Waals surface area contributed by atoms with Gasteiger partial charge in [-0.25, -0.2) is 9.37 Å². The normalized spacial score (nSPS) is 20.1. The van der Waals surface area contributed by atoms with Gasteiger partial charge in [-0.2, -0.15) is 5.10 Å². The highest BCUT2D eigenvalue weighted by molar-refractivity contribution is 5.91. The first-order valence-corrected chi connectivity index (χ1v) is 10.3. The van der Waals surface area contributed by atoms with Crippen LogP contribution < -0.4 is 10.6 Å². The average Bonchev–Trinajstić information content (AvgIpc) is 3.19. The highest BCUT2D eigenvalue weighted by atomic mass is 19.1. The van der Waals surface area contributed by atoms with Crippen LogP contribution in [0.1, 0.15) is 40.0 Å². The maximum absolute atomic E-state index is 14.9. The first kappa shape index (κ1) is 19.8. The predicted octanol–water partition coefficient (Wildman–Crippen LogP) is 4.14. The largest absolute Gasteiger partial charge is 0.369 e. The Morgan fingerprint density at radius 3 is 2.93 bits per heavy atom. The zero-order valence-electron chi connectivity index (χ0n) is 17.4. The van der Waals surface area contributed by atoms with Crippen LogP contribution in [0.15, 0.2) is 36.8 Å². The minimum absolute atomic E-state index is 0.0993. The minimum Gasteiger partial charge on any atom is -0.369 e. The number of halogens is 1. The number of alkyl halides is 1. The van der Waals surface area contributed by atoms with Gasteiger partial charge in [0.05, 0.1) is 22.9 Å². The minimum atomic E-state index is -1.15. The van der Waals surface area contributed by atoms with E-state index in [1.54, 1.807) is 6.20 Å². The molecular weight excluding hydrogens is 367 g/mol. The van der Waals surface area contributed by atoms with Gasteiger partial charge in [0.15, 0.2) is 0 Å². The summed E-state index contributed by atoms with van der Waals surface area (Å²) in [7, 11) is 0. The van der Waals surface area contributed by atoms with Crippen molar-refractivity contribution in [2.45, 2.75) is 51.2 Å². The lowest BCUT2D eigenvalue weighted by molar-refractivity contribution is 0.115. The first-order chi connectivity index (χ1) is 13.8. The molecule has 1 saturated heterocycles. The number of piperidine rings is 1. The Hall–Kier alpha value is -2.54. The lowest BCUT2D eigenvalue weighted by atomic mass is 9.93. The lowest BCUT2D eigenvalue weighted by Gasteiger charge is -2.30. The van der Waals surface area contributed by atoms with Crippen LogP contribution in [0, 0.1) is 0 Å². The predicted molar refractivity (Wildman–Crippen MR) is 115 cm³/mol. The fraction of sp³-hybridized carbons (Fsp3) is 0.500. The fourth-order valence-electron chi connectivity index (χ4n) is 3.73. The van der Waals surface area contributed by atoms with Crippen molar-refractivity contribution in [2.24, 2.45) is 0 Å². The van der Waals surface area contributed by atoms with Gasteiger partial charge in [-0.3, -0.25) is 9.67 Å². The monoisotopic (exact) mass is 396 g/mol. The molecule has 0 amide bonds. The van der Waals surface area contributed by atoms with Crippen LogP contribution in [0.4, 0.5) is 10.2 Å². The van der Waals surface area contributed by atoms with Crippen molar-refractivity contribution in [3.05, 3.63) is 36.8 Å². The second-order valence-corrected chi connectivity index (χ2v) is 8.88. The van der Waals surface area contributed by atoms with Gasteiger partial charge in [-0.15, -0.1) is 0 Å². The summed E-state index contributed by atoms with van der Waals surface area (Å²) < 4.78 is 16.8. The van der Waals surface area contributed by atoms with Crippen LogP contribution >= 0.6 is 0 Å². The number of anilines is 1. The van der Waals surface area contributed by atoms with Gasteiger partial charge < -0.3 is 10.6 Å². The number of hydrogen-bond donors (Lipinski definition) is 2. The van der Waals surface area contributed by atoms with Crippen LogP contribution in [-0.2, 0) is 5.54 Å². The van der Waals surface area contributed by atoms with E-state index in [2.05, 4.69) is 41.5 Å². The van der Waals surface area contributed by atoms with E-state index in [1.165, 1.54) is 0 Å². The molecule has 0 aromatic carbocycles. The SMILES string of the molecule is CC(C)(C)n1cc(-c2cc3ncccc3c(NCCC3(F)CCCNC3)n2)cn1. The summed E-state index contributed by atoms with van der Waals surface area (Å²) in [5.41, 5.74) is 1.36. The lowest BCUT2D eigenvalue weighted by Crippen LogP contribution is -2.43. The summed E-state index contributed by atoms with van der Waals surface area (Å²) in [5.74, 6) is 0.737. The van der Waals surface area contributed by atoms with E-state index in [0.29, 0.717) is 25.9 Å². The molecule has 1 atom stereocenters. The first-order valence-electron chi connectivity index (χ1n) is 10.3. The molecule has 1 aliphatic heterocycles. The summed E-state index contributed by atoms with van der Waals surface area (Å²) in [6, 6.07) is 5.87. The maximum Gasteiger partial charge on any atom is 0.136 e. The average molecular weight is 397 g/mol. The van der Waals surface area contributed by atoms with Crippen molar-refractivity contribution < 1.29 is 4.39 Å². The van der Waals surface area contributed by atoms with E-state index < -0.39 is 5.67 Å². The quantitative estimate of drug-likeness (QED) is 0.678. The van der Waals surface area contributed by atoms with Crippen molar-refractivity contribution in [3.63, 3.8) is 0 Å². The van der Waals surface area contributed by atoms with Gasteiger partial charge in [0.2, 0.25) is 0 Å². The van der Waals surface area contributed by atoms with E-state index in [4.69, 9.17) is 4.98 Å². The number of fused-ring (bicyclic) bond motifs is 1. The Bertz CT molecular complexity index is 984. The third-order valence-electron chi connectivity index (χ3n) is 5.45. The number of nitrogens with zero attached hydrogens (tertiary/aromatic N) is 4. The highest BCUT2D eigenvalue weighted by Crippen LogP contribution is 2.29. The Kier molecular flexibility index (Phi) is 5.25. The molecular formula is C22H29FN6. The van der Waals surface area contributed by atoms with E-state index in [9.17, 15) is 4.39 Å². The van der Waals surface area contributed by atoms with Gasteiger partial charge in [0.25, 0.3) is 0 Å². The second kappa shape index (κ2) is 7.71. The molecule has 4 rings (SSSR count). The summed E-state index contributed by atoms with van der Waals surface area (Å²) in [6.45, 7) is 8.19. The van der Waals surface area contributed by atoms with Crippen LogP contribution in [0.3, 0.4) is 0 Å². The van der Waals surface area contributed by atoms with Gasteiger partial charge in [-0.05, 0) is 64.8 Å². The molecule has 1 unspecified atom stereocenters. The van der Waals surface area contributed by atoms with Crippen molar-refractivity contribution in [2.75, 3.05) is 25.0 Å². The van der Waals surface area contributed by atoms with Crippen LogP contribution in [0.5, 0.6) is 0 Å². The van der Waals surface area contributed by atoms with E-state index in [0.717, 1.165) is 40.9 Å². The third kappa shape index (κ3) is 4.40. The Balaban J connectivity index is 1.60. The Morgan fingerprint density at radius 1 is 1.34 bits per heavy atom. The maximum atomic E-state index is 14.9. The molecule has 7 heteroatoms. The van der Waals surface area contributed by atoms with E-state index in [-0.39, 0.29) is 5.54 Å². The molecule has 4 heterocycles. The number of nitrogens with one attached hydrogen (secondary N) is 2. The van der Waals surface area contributed by atoms with Crippen LogP contribution in [-0.4, -0.2) is 45.1 Å². The van der Waals surface area contributed by atoms with Crippen molar-refractivity contribution in [1.82, 2.24) is 25.1 Å². The van der Waals surface area contributed by atoms with E-state index >= 15 is 0 Å². The molecule has 0 spiro atoms. The van der Waals surface area contributed by atoms with Gasteiger partial charge >= 0.3 is 0 Å². The highest BCUT2D eigenvalue weighted by Gasteiger charge is 2.31. The standard InChI is InChI=1S/C22H29FN6/c1-21(2,3)29-14-16(13-27-29)18-12-19-17(6-4-10-25-19)20(28-18)26-11-8-22(23)7-5-9-24-15-22/h4,6,10,12-14,24H,5,7-9,11,15H2,1-3H3,(H,26,28). The smallest absolute Gasteiger partial charge is 0.136 e. The molecule has 0 saturated carbocycles. The third-order valence-corrected chi connectivity index (χ3v) is 5.45. The molecule has 0 aliphatic carbocycles. The number of pyridine rings is 2. The molecule has 3 aromatic rings. The topological polar surface area (TPSA) is 67.7 Å². The Morgan fingerprint density at radius 2 is 2.21 bits per heavy atom. The molecule has 1 fully saturated rings. The van der Waals surface area contributed by atoms with Gasteiger partial charge in [0, 0.05) is 36.4 Å². The summed E-state index contributed by atoms with van der Waals surface area (Å²) >= 11 is 0. The summed E-state index contributed by atoms with van der Waals surface area (Å²) in [6.07, 6.45) is 7.56. The molecule has 154 valence electrons. The Labute approximate surface area is 170 Å². The zero-order valence-corrected chi connectivity index (χ0v) is 17.4.